The van der Waals surface area contributed by atoms with Crippen molar-refractivity contribution in [3.63, 3.8) is 0 Å². The molecule has 18 heavy (non-hydrogen) atoms. The number of hydrogen-bond acceptors (Lipinski definition) is 1. The van der Waals surface area contributed by atoms with Crippen LogP contribution in [-0.4, -0.2) is 6.54 Å². The van der Waals surface area contributed by atoms with Crippen LogP contribution in [0.5, 0.6) is 0 Å². The van der Waals surface area contributed by atoms with E-state index < -0.39 is 0 Å². The third-order valence-corrected chi connectivity index (χ3v) is 3.27. The Balaban J connectivity index is 2.28. The molecule has 2 aromatic carbocycles. The third kappa shape index (κ3) is 3.18. The van der Waals surface area contributed by atoms with E-state index in [1.165, 1.54) is 0 Å². The maximum atomic E-state index is 13.9. The maximum Gasteiger partial charge on any atom is 0.128 e. The Morgan fingerprint density at radius 2 is 1.89 bits per heavy atom. The molecule has 0 fully saturated rings. The fourth-order valence-electron chi connectivity index (χ4n) is 1.80. The Hall–Kier alpha value is -1.19. The minimum atomic E-state index is -0.159. The molecule has 0 saturated heterocycles. The molecule has 2 rings (SSSR count). The Labute approximate surface area is 115 Å². The van der Waals surface area contributed by atoms with Crippen LogP contribution in [0.25, 0.3) is 11.1 Å². The fraction of sp³-hybridized carbons (Fsp3) is 0.200. The van der Waals surface area contributed by atoms with Crippen LogP contribution in [0, 0.1) is 5.82 Å². The highest BCUT2D eigenvalue weighted by Crippen LogP contribution is 2.24. The lowest BCUT2D eigenvalue weighted by Gasteiger charge is -2.07. The van der Waals surface area contributed by atoms with Gasteiger partial charge in [0.2, 0.25) is 0 Å². The number of halogens is 2. The minimum Gasteiger partial charge on any atom is -0.313 e. The second-order valence-electron chi connectivity index (χ2n) is 4.10. The monoisotopic (exact) mass is 307 g/mol. The van der Waals surface area contributed by atoms with Gasteiger partial charge in [0.05, 0.1) is 0 Å². The Morgan fingerprint density at radius 3 is 2.56 bits per heavy atom. The van der Waals surface area contributed by atoms with Crippen molar-refractivity contribution in [3.8, 4) is 11.1 Å². The van der Waals surface area contributed by atoms with Gasteiger partial charge in [-0.25, -0.2) is 4.39 Å². The molecule has 0 bridgehead atoms. The lowest BCUT2D eigenvalue weighted by molar-refractivity contribution is 0.594. The molecular weight excluding hydrogens is 293 g/mol. The van der Waals surface area contributed by atoms with Crippen LogP contribution in [0.2, 0.25) is 0 Å². The van der Waals surface area contributed by atoms with E-state index in [0.717, 1.165) is 22.1 Å². The Bertz CT molecular complexity index is 540. The number of rotatable bonds is 4. The zero-order chi connectivity index (χ0) is 13.0. The Morgan fingerprint density at radius 1 is 1.11 bits per heavy atom. The van der Waals surface area contributed by atoms with E-state index in [0.29, 0.717) is 12.1 Å². The SMILES string of the molecule is CCNCc1ccc(-c2cccc(Br)c2)cc1F. The molecular formula is C15H15BrFN. The van der Waals surface area contributed by atoms with Gasteiger partial charge in [0, 0.05) is 16.6 Å². The second-order valence-corrected chi connectivity index (χ2v) is 5.01. The average molecular weight is 308 g/mol. The van der Waals surface area contributed by atoms with E-state index in [1.54, 1.807) is 6.07 Å². The van der Waals surface area contributed by atoms with Crippen LogP contribution in [0.3, 0.4) is 0 Å². The van der Waals surface area contributed by atoms with Gasteiger partial charge in [0.15, 0.2) is 0 Å². The molecule has 2 aromatic rings. The highest BCUT2D eigenvalue weighted by molar-refractivity contribution is 9.10. The van der Waals surface area contributed by atoms with Crippen molar-refractivity contribution in [2.75, 3.05) is 6.54 Å². The highest BCUT2D eigenvalue weighted by atomic mass is 79.9. The number of benzene rings is 2. The van der Waals surface area contributed by atoms with Crippen molar-refractivity contribution in [1.82, 2.24) is 5.32 Å². The molecule has 0 aliphatic rings. The van der Waals surface area contributed by atoms with E-state index in [2.05, 4.69) is 21.2 Å². The van der Waals surface area contributed by atoms with Gasteiger partial charge in [-0.05, 0) is 35.9 Å². The summed E-state index contributed by atoms with van der Waals surface area (Å²) in [5.41, 5.74) is 2.61. The molecule has 1 N–H and O–H groups in total. The van der Waals surface area contributed by atoms with Crippen LogP contribution >= 0.6 is 15.9 Å². The van der Waals surface area contributed by atoms with Crippen molar-refractivity contribution >= 4 is 15.9 Å². The maximum absolute atomic E-state index is 13.9. The zero-order valence-electron chi connectivity index (χ0n) is 10.2. The standard InChI is InChI=1S/C15H15BrFN/c1-2-18-10-13-7-6-12(9-15(13)17)11-4-3-5-14(16)8-11/h3-9,18H,2,10H2,1H3. The summed E-state index contributed by atoms with van der Waals surface area (Å²) in [6.07, 6.45) is 0. The molecule has 0 aromatic heterocycles. The predicted octanol–water partition coefficient (Wildman–Crippen LogP) is 4.36. The first-order valence-corrected chi connectivity index (χ1v) is 6.75. The van der Waals surface area contributed by atoms with Gasteiger partial charge in [0.1, 0.15) is 5.82 Å². The molecule has 0 unspecified atom stereocenters. The molecule has 0 saturated carbocycles. The van der Waals surface area contributed by atoms with Crippen LogP contribution in [0.1, 0.15) is 12.5 Å². The van der Waals surface area contributed by atoms with Crippen molar-refractivity contribution < 1.29 is 4.39 Å². The second kappa shape index (κ2) is 6.12. The molecule has 0 heterocycles. The largest absolute Gasteiger partial charge is 0.313 e. The topological polar surface area (TPSA) is 12.0 Å². The first-order chi connectivity index (χ1) is 8.70. The van der Waals surface area contributed by atoms with E-state index in [-0.39, 0.29) is 5.82 Å². The highest BCUT2D eigenvalue weighted by Gasteiger charge is 2.05. The third-order valence-electron chi connectivity index (χ3n) is 2.78. The van der Waals surface area contributed by atoms with Gasteiger partial charge in [-0.2, -0.15) is 0 Å². The molecule has 94 valence electrons. The van der Waals surface area contributed by atoms with Crippen molar-refractivity contribution in [3.05, 3.63) is 58.3 Å². The van der Waals surface area contributed by atoms with E-state index >= 15 is 0 Å². The van der Waals surface area contributed by atoms with Gasteiger partial charge >= 0.3 is 0 Å². The van der Waals surface area contributed by atoms with E-state index in [4.69, 9.17) is 0 Å². The normalized spacial score (nSPS) is 10.6. The summed E-state index contributed by atoms with van der Waals surface area (Å²) in [7, 11) is 0. The summed E-state index contributed by atoms with van der Waals surface area (Å²) in [5.74, 6) is -0.159. The molecule has 3 heteroatoms. The summed E-state index contributed by atoms with van der Waals surface area (Å²) in [6.45, 7) is 3.42. The summed E-state index contributed by atoms with van der Waals surface area (Å²) in [5, 5.41) is 3.13. The smallest absolute Gasteiger partial charge is 0.128 e. The molecule has 0 spiro atoms. The van der Waals surface area contributed by atoms with Crippen LogP contribution in [0.4, 0.5) is 4.39 Å². The number of hydrogen-bond donors (Lipinski definition) is 1. The summed E-state index contributed by atoms with van der Waals surface area (Å²) in [6, 6.07) is 13.3. The van der Waals surface area contributed by atoms with Crippen LogP contribution in [-0.2, 0) is 6.54 Å². The summed E-state index contributed by atoms with van der Waals surface area (Å²) in [4.78, 5) is 0. The number of nitrogens with one attached hydrogen (secondary N) is 1. The lowest BCUT2D eigenvalue weighted by Crippen LogP contribution is -2.12. The van der Waals surface area contributed by atoms with Crippen LogP contribution in [0.15, 0.2) is 46.9 Å². The zero-order valence-corrected chi connectivity index (χ0v) is 11.8. The van der Waals surface area contributed by atoms with Crippen molar-refractivity contribution in [2.24, 2.45) is 0 Å². The van der Waals surface area contributed by atoms with E-state index in [9.17, 15) is 4.39 Å². The molecule has 0 radical (unpaired) electrons. The molecule has 0 amide bonds. The van der Waals surface area contributed by atoms with Gasteiger partial charge in [0.25, 0.3) is 0 Å². The molecule has 0 aliphatic heterocycles. The fourth-order valence-corrected chi connectivity index (χ4v) is 2.20. The van der Waals surface area contributed by atoms with Gasteiger partial charge in [-0.15, -0.1) is 0 Å². The lowest BCUT2D eigenvalue weighted by atomic mass is 10.0. The minimum absolute atomic E-state index is 0.159. The van der Waals surface area contributed by atoms with Gasteiger partial charge < -0.3 is 5.32 Å². The molecule has 0 aliphatic carbocycles. The van der Waals surface area contributed by atoms with Gasteiger partial charge in [-0.1, -0.05) is 47.1 Å². The van der Waals surface area contributed by atoms with Gasteiger partial charge in [-0.3, -0.25) is 0 Å². The van der Waals surface area contributed by atoms with Crippen molar-refractivity contribution in [1.29, 1.82) is 0 Å². The average Bonchev–Trinajstić information content (AvgIpc) is 2.37. The quantitative estimate of drug-likeness (QED) is 0.884. The molecule has 0 atom stereocenters. The summed E-state index contributed by atoms with van der Waals surface area (Å²) >= 11 is 3.42. The molecule has 1 nitrogen and oxygen atoms in total. The van der Waals surface area contributed by atoms with Crippen molar-refractivity contribution in [2.45, 2.75) is 13.5 Å². The van der Waals surface area contributed by atoms with Crippen LogP contribution < -0.4 is 5.32 Å². The Kier molecular flexibility index (Phi) is 4.50. The first kappa shape index (κ1) is 13.2. The summed E-state index contributed by atoms with van der Waals surface area (Å²) < 4.78 is 14.9. The first-order valence-electron chi connectivity index (χ1n) is 5.96. The predicted molar refractivity (Wildman–Crippen MR) is 76.9 cm³/mol. The van der Waals surface area contributed by atoms with E-state index in [1.807, 2.05) is 43.3 Å².